The van der Waals surface area contributed by atoms with Crippen LogP contribution in [0.4, 0.5) is 0 Å². The minimum Gasteiger partial charge on any atom is -0.759 e. The Bertz CT molecular complexity index is 90.7. The molecule has 0 unspecified atom stereocenters. The Balaban J connectivity index is 0. The van der Waals surface area contributed by atoms with Gasteiger partial charge in [0.25, 0.3) is 0 Å². The fraction of sp³-hybridized carbons (Fsp3) is 0. The molecule has 0 N–H and O–H groups in total. The van der Waals surface area contributed by atoms with E-state index in [0.717, 1.165) is 0 Å². The van der Waals surface area contributed by atoms with Gasteiger partial charge >= 0.3 is 40.4 Å². The summed E-state index contributed by atoms with van der Waals surface area (Å²) < 4.78 is 34.1. The average Bonchev–Trinajstić information content (AvgIpc) is 0.722. The van der Waals surface area contributed by atoms with Crippen LogP contribution in [0, 0.1) is 40.4 Å². The molecule has 0 aliphatic rings. The smallest absolute Gasteiger partial charge is 0.759 e. The van der Waals surface area contributed by atoms with E-state index < -0.39 is 10.4 Å². The second-order valence-electron chi connectivity index (χ2n) is 0.408. The molecule has 0 atom stereocenters. The van der Waals surface area contributed by atoms with Gasteiger partial charge in [-0.2, -0.15) is 0 Å². The first-order valence-corrected chi connectivity index (χ1v) is 2.00. The van der Waals surface area contributed by atoms with Crippen molar-refractivity contribution in [1.82, 2.24) is 0 Å². The molecule has 0 aromatic rings. The Hall–Kier alpha value is 1.21. The third-order valence-electron chi connectivity index (χ3n) is 0. The van der Waals surface area contributed by atoms with Crippen LogP contribution in [0.1, 0.15) is 0 Å². The zero-order valence-electron chi connectivity index (χ0n) is 2.45. The largest absolute Gasteiger partial charge is 2.00 e. The SMILES string of the molecule is O=S(=O)([O-])[O-].[Sm+2]. The molecule has 0 saturated heterocycles. The van der Waals surface area contributed by atoms with Crippen LogP contribution in [0.15, 0.2) is 0 Å². The molecule has 0 radical (unpaired) electrons. The molecule has 0 bridgehead atoms. The Morgan fingerprint density at radius 1 is 1.17 bits per heavy atom. The van der Waals surface area contributed by atoms with E-state index in [2.05, 4.69) is 0 Å². The van der Waals surface area contributed by atoms with Crippen molar-refractivity contribution in [2.24, 2.45) is 0 Å². The Labute approximate surface area is 67.6 Å². The van der Waals surface area contributed by atoms with Crippen LogP contribution < -0.4 is 0 Å². The zero-order chi connectivity index (χ0) is 4.50. The topological polar surface area (TPSA) is 80.3 Å². The maximum atomic E-state index is 8.52. The second kappa shape index (κ2) is 3.24. The van der Waals surface area contributed by atoms with E-state index in [1.54, 1.807) is 0 Å². The van der Waals surface area contributed by atoms with E-state index in [1.165, 1.54) is 0 Å². The molecule has 36 valence electrons. The second-order valence-corrected chi connectivity index (χ2v) is 1.22. The van der Waals surface area contributed by atoms with E-state index in [4.69, 9.17) is 17.5 Å². The van der Waals surface area contributed by atoms with E-state index in [1.807, 2.05) is 0 Å². The van der Waals surface area contributed by atoms with Crippen molar-refractivity contribution in [2.75, 3.05) is 0 Å². The third kappa shape index (κ3) is 63.2. The summed E-state index contributed by atoms with van der Waals surface area (Å²) in [4.78, 5) is 0. The van der Waals surface area contributed by atoms with E-state index in [0.29, 0.717) is 0 Å². The summed E-state index contributed by atoms with van der Waals surface area (Å²) in [5.41, 5.74) is 0. The first-order chi connectivity index (χ1) is 2.00. The standard InChI is InChI=1S/H2O4S.Sm/c1-5(2,3)4;/h(H2,1,2,3,4);/q;+2/p-2. The summed E-state index contributed by atoms with van der Waals surface area (Å²) in [7, 11) is -5.17. The van der Waals surface area contributed by atoms with Gasteiger partial charge in [0.2, 0.25) is 0 Å². The van der Waals surface area contributed by atoms with Gasteiger partial charge in [-0.25, -0.2) is 0 Å². The molecule has 6 heteroatoms. The van der Waals surface area contributed by atoms with Crippen LogP contribution in [0.2, 0.25) is 0 Å². The van der Waals surface area contributed by atoms with Gasteiger partial charge < -0.3 is 9.11 Å². The van der Waals surface area contributed by atoms with Crippen LogP contribution in [-0.4, -0.2) is 17.5 Å². The molecular weight excluding hydrogens is 246 g/mol. The van der Waals surface area contributed by atoms with Crippen molar-refractivity contribution in [3.8, 4) is 0 Å². The van der Waals surface area contributed by atoms with Gasteiger partial charge in [-0.3, -0.25) is 8.42 Å². The van der Waals surface area contributed by atoms with Crippen molar-refractivity contribution in [1.29, 1.82) is 0 Å². The van der Waals surface area contributed by atoms with Crippen LogP contribution >= 0.6 is 0 Å². The van der Waals surface area contributed by atoms with Gasteiger partial charge in [-0.1, -0.05) is 0 Å². The van der Waals surface area contributed by atoms with Crippen LogP contribution in [0.3, 0.4) is 0 Å². The molecule has 0 fully saturated rings. The van der Waals surface area contributed by atoms with Gasteiger partial charge in [0, 0.05) is 10.4 Å². The van der Waals surface area contributed by atoms with Crippen LogP contribution in [0.5, 0.6) is 0 Å². The summed E-state index contributed by atoms with van der Waals surface area (Å²) in [6.45, 7) is 0. The predicted molar refractivity (Wildman–Crippen MR) is 10.5 cm³/mol. The van der Waals surface area contributed by atoms with Crippen molar-refractivity contribution < 1.29 is 57.9 Å². The summed E-state index contributed by atoms with van der Waals surface area (Å²) in [5, 5.41) is 0. The maximum Gasteiger partial charge on any atom is 2.00 e. The normalized spacial score (nSPS) is 9.67. The first-order valence-electron chi connectivity index (χ1n) is 0.667. The molecule has 6 heavy (non-hydrogen) atoms. The summed E-state index contributed by atoms with van der Waals surface area (Å²) >= 11 is 0. The molecule has 0 rings (SSSR count). The van der Waals surface area contributed by atoms with Gasteiger partial charge in [-0.15, -0.1) is 0 Å². The van der Waals surface area contributed by atoms with Gasteiger partial charge in [-0.05, 0) is 0 Å². The molecule has 0 aliphatic heterocycles. The maximum absolute atomic E-state index is 8.52. The van der Waals surface area contributed by atoms with Gasteiger partial charge in [0.05, 0.1) is 0 Å². The molecule has 4 nitrogen and oxygen atoms in total. The van der Waals surface area contributed by atoms with E-state index in [9.17, 15) is 0 Å². The zero-order valence-corrected chi connectivity index (χ0v) is 5.89. The molecule has 0 saturated carbocycles. The number of hydrogen-bond acceptors (Lipinski definition) is 4. The summed E-state index contributed by atoms with van der Waals surface area (Å²) in [6, 6.07) is 0. The third-order valence-corrected chi connectivity index (χ3v) is 0. The number of hydrogen-bond donors (Lipinski definition) is 0. The van der Waals surface area contributed by atoms with Gasteiger partial charge in [0.15, 0.2) is 0 Å². The minimum atomic E-state index is -5.17. The fourth-order valence-electron chi connectivity index (χ4n) is 0. The molecule has 0 aliphatic carbocycles. The fourth-order valence-corrected chi connectivity index (χ4v) is 0. The van der Waals surface area contributed by atoms with E-state index in [-0.39, 0.29) is 40.4 Å². The first kappa shape index (κ1) is 10.2. The molecule has 0 amide bonds. The van der Waals surface area contributed by atoms with Crippen molar-refractivity contribution in [2.45, 2.75) is 0 Å². The molecule has 0 aromatic heterocycles. The molecule has 0 aromatic carbocycles. The Morgan fingerprint density at radius 2 is 1.17 bits per heavy atom. The van der Waals surface area contributed by atoms with Crippen molar-refractivity contribution in [3.63, 3.8) is 0 Å². The predicted octanol–water partition coefficient (Wildman–Crippen LogP) is -1.34. The van der Waals surface area contributed by atoms with Crippen LogP contribution in [0.25, 0.3) is 0 Å². The van der Waals surface area contributed by atoms with Crippen molar-refractivity contribution in [3.05, 3.63) is 0 Å². The quantitative estimate of drug-likeness (QED) is 0.391. The Kier molecular flexibility index (Phi) is 5.53. The van der Waals surface area contributed by atoms with E-state index >= 15 is 0 Å². The van der Waals surface area contributed by atoms with Gasteiger partial charge in [0.1, 0.15) is 0 Å². The number of rotatable bonds is 0. The van der Waals surface area contributed by atoms with Crippen LogP contribution in [-0.2, 0) is 10.4 Å². The molecular formula is O4SSm. The monoisotopic (exact) mass is 248 g/mol. The minimum absolute atomic E-state index is 0. The molecule has 0 heterocycles. The Morgan fingerprint density at radius 3 is 1.17 bits per heavy atom. The summed E-state index contributed by atoms with van der Waals surface area (Å²) in [5.74, 6) is 0. The van der Waals surface area contributed by atoms with Crippen molar-refractivity contribution >= 4 is 10.4 Å². The average molecular weight is 246 g/mol. The summed E-state index contributed by atoms with van der Waals surface area (Å²) in [6.07, 6.45) is 0. The molecule has 0 spiro atoms.